The molecule has 1 heterocycles. The van der Waals surface area contributed by atoms with Crippen molar-refractivity contribution >= 4 is 29.1 Å². The van der Waals surface area contributed by atoms with Crippen LogP contribution in [-0.2, 0) is 9.59 Å². The first-order valence-electron chi connectivity index (χ1n) is 9.25. The summed E-state index contributed by atoms with van der Waals surface area (Å²) < 4.78 is 0. The summed E-state index contributed by atoms with van der Waals surface area (Å²) in [6.45, 7) is 10.6. The Balaban J connectivity index is 1.78. The third-order valence-electron chi connectivity index (χ3n) is 4.38. The predicted octanol–water partition coefficient (Wildman–Crippen LogP) is -0.633. The molecule has 1 aromatic rings. The lowest BCUT2D eigenvalue weighted by Crippen LogP contribution is -3.18. The lowest BCUT2D eigenvalue weighted by Gasteiger charge is -2.22. The van der Waals surface area contributed by atoms with Crippen molar-refractivity contribution in [3.8, 4) is 0 Å². The van der Waals surface area contributed by atoms with Crippen LogP contribution in [0.4, 0.5) is 5.69 Å². The molecule has 0 bridgehead atoms. The number of carbonyl (C=O) groups excluding carboxylic acids is 2. The molecule has 0 radical (unpaired) electrons. The van der Waals surface area contributed by atoms with Gasteiger partial charge in [0.1, 0.15) is 13.1 Å². The monoisotopic (exact) mass is 382 g/mol. The standard InChI is InChI=1S/C19H29ClN4O2/c1-19(2,3)22-18(26)14-24-10-6-9-23(11-12-24)13-17(25)21-16-8-5-4-7-15(16)20/h4-5,7-8H,6,9-14H2,1-3H3,(H,21,25)(H,22,26)/p+2. The maximum atomic E-state index is 12.3. The maximum Gasteiger partial charge on any atom is 0.279 e. The average molecular weight is 383 g/mol. The molecule has 26 heavy (non-hydrogen) atoms. The summed E-state index contributed by atoms with van der Waals surface area (Å²) in [7, 11) is 0. The molecule has 0 saturated carbocycles. The fraction of sp³-hybridized carbons (Fsp3) is 0.579. The van der Waals surface area contributed by atoms with E-state index in [1.165, 1.54) is 9.80 Å². The minimum atomic E-state index is -0.198. The third kappa shape index (κ3) is 7.32. The number of hydrogen-bond acceptors (Lipinski definition) is 2. The molecule has 6 nitrogen and oxygen atoms in total. The Labute approximate surface area is 160 Å². The van der Waals surface area contributed by atoms with Crippen molar-refractivity contribution in [2.45, 2.75) is 32.7 Å². The molecular formula is C19H31ClN4O2+2. The molecule has 1 aromatic carbocycles. The first-order valence-corrected chi connectivity index (χ1v) is 9.63. The Hall–Kier alpha value is -1.63. The van der Waals surface area contributed by atoms with Gasteiger partial charge in [-0.1, -0.05) is 23.7 Å². The maximum absolute atomic E-state index is 12.3. The highest BCUT2D eigenvalue weighted by atomic mass is 35.5. The summed E-state index contributed by atoms with van der Waals surface area (Å²) in [6.07, 6.45) is 1.01. The van der Waals surface area contributed by atoms with E-state index in [9.17, 15) is 9.59 Å². The van der Waals surface area contributed by atoms with E-state index in [-0.39, 0.29) is 17.4 Å². The van der Waals surface area contributed by atoms with E-state index in [4.69, 9.17) is 11.6 Å². The number of hydrogen-bond donors (Lipinski definition) is 4. The number of benzene rings is 1. The summed E-state index contributed by atoms with van der Waals surface area (Å²) in [5, 5.41) is 6.45. The first-order chi connectivity index (χ1) is 12.2. The van der Waals surface area contributed by atoms with Gasteiger partial charge in [-0.05, 0) is 32.9 Å². The molecule has 144 valence electrons. The van der Waals surface area contributed by atoms with Crippen molar-refractivity contribution in [3.63, 3.8) is 0 Å². The van der Waals surface area contributed by atoms with E-state index >= 15 is 0 Å². The van der Waals surface area contributed by atoms with Crippen LogP contribution in [0.5, 0.6) is 0 Å². The van der Waals surface area contributed by atoms with Crippen molar-refractivity contribution in [2.75, 3.05) is 44.6 Å². The van der Waals surface area contributed by atoms with E-state index in [0.717, 1.165) is 32.6 Å². The fourth-order valence-electron chi connectivity index (χ4n) is 3.22. The quantitative estimate of drug-likeness (QED) is 0.547. The van der Waals surface area contributed by atoms with Crippen molar-refractivity contribution in [1.29, 1.82) is 0 Å². The normalized spacial score (nSPS) is 20.9. The minimum absolute atomic E-state index is 0.0259. The Morgan fingerprint density at radius 2 is 1.58 bits per heavy atom. The van der Waals surface area contributed by atoms with Crippen LogP contribution in [0, 0.1) is 0 Å². The predicted molar refractivity (Wildman–Crippen MR) is 104 cm³/mol. The summed E-state index contributed by atoms with van der Waals surface area (Å²) in [5.41, 5.74) is 0.454. The molecule has 1 aliphatic rings. The van der Waals surface area contributed by atoms with Gasteiger partial charge < -0.3 is 20.4 Å². The van der Waals surface area contributed by atoms with Crippen molar-refractivity contribution in [1.82, 2.24) is 5.32 Å². The zero-order valence-corrected chi connectivity index (χ0v) is 16.7. The van der Waals surface area contributed by atoms with Crippen LogP contribution in [-0.4, -0.2) is 56.6 Å². The minimum Gasteiger partial charge on any atom is -0.347 e. The van der Waals surface area contributed by atoms with Crippen molar-refractivity contribution in [3.05, 3.63) is 29.3 Å². The van der Waals surface area contributed by atoms with Crippen LogP contribution in [0.3, 0.4) is 0 Å². The molecule has 7 heteroatoms. The Morgan fingerprint density at radius 1 is 1.00 bits per heavy atom. The Bertz CT molecular complexity index is 630. The number of nitrogens with one attached hydrogen (secondary N) is 4. The van der Waals surface area contributed by atoms with Crippen LogP contribution < -0.4 is 20.4 Å². The highest BCUT2D eigenvalue weighted by molar-refractivity contribution is 6.33. The number of quaternary nitrogens is 2. The lowest BCUT2D eigenvalue weighted by molar-refractivity contribution is -0.930. The van der Waals surface area contributed by atoms with E-state index < -0.39 is 0 Å². The molecule has 2 unspecified atom stereocenters. The van der Waals surface area contributed by atoms with Crippen LogP contribution in [0.25, 0.3) is 0 Å². The van der Waals surface area contributed by atoms with Gasteiger partial charge in [0.15, 0.2) is 13.1 Å². The van der Waals surface area contributed by atoms with Gasteiger partial charge in [0, 0.05) is 12.0 Å². The second-order valence-electron chi connectivity index (χ2n) is 8.03. The van der Waals surface area contributed by atoms with Crippen LogP contribution >= 0.6 is 11.6 Å². The second-order valence-corrected chi connectivity index (χ2v) is 8.44. The summed E-state index contributed by atoms with van der Waals surface area (Å²) in [4.78, 5) is 27.0. The van der Waals surface area contributed by atoms with E-state index in [2.05, 4.69) is 10.6 Å². The van der Waals surface area contributed by atoms with Gasteiger partial charge in [0.2, 0.25) is 0 Å². The average Bonchev–Trinajstić information content (AvgIpc) is 2.73. The molecule has 0 spiro atoms. The van der Waals surface area contributed by atoms with Gasteiger partial charge in [0.25, 0.3) is 11.8 Å². The molecule has 2 rings (SSSR count). The molecule has 1 aliphatic heterocycles. The molecule has 1 fully saturated rings. The number of rotatable bonds is 5. The number of para-hydroxylation sites is 1. The van der Waals surface area contributed by atoms with Crippen molar-refractivity contribution in [2.24, 2.45) is 0 Å². The van der Waals surface area contributed by atoms with Crippen LogP contribution in [0.2, 0.25) is 5.02 Å². The number of halogens is 1. The third-order valence-corrected chi connectivity index (χ3v) is 4.71. The van der Waals surface area contributed by atoms with Crippen LogP contribution in [0.1, 0.15) is 27.2 Å². The van der Waals surface area contributed by atoms with Gasteiger partial charge in [-0.3, -0.25) is 9.59 Å². The Morgan fingerprint density at radius 3 is 2.15 bits per heavy atom. The smallest absolute Gasteiger partial charge is 0.279 e. The highest BCUT2D eigenvalue weighted by Gasteiger charge is 2.25. The number of carbonyl (C=O) groups is 2. The van der Waals surface area contributed by atoms with Gasteiger partial charge in [0.05, 0.1) is 23.8 Å². The topological polar surface area (TPSA) is 67.1 Å². The van der Waals surface area contributed by atoms with Gasteiger partial charge >= 0.3 is 0 Å². The summed E-state index contributed by atoms with van der Waals surface area (Å²) in [5.74, 6) is 0.0643. The highest BCUT2D eigenvalue weighted by Crippen LogP contribution is 2.19. The molecule has 2 amide bonds. The summed E-state index contributed by atoms with van der Waals surface area (Å²) >= 11 is 6.09. The lowest BCUT2D eigenvalue weighted by atomic mass is 10.1. The fourth-order valence-corrected chi connectivity index (χ4v) is 3.40. The zero-order chi connectivity index (χ0) is 19.2. The number of anilines is 1. The van der Waals surface area contributed by atoms with E-state index in [1.807, 2.05) is 32.9 Å². The van der Waals surface area contributed by atoms with Gasteiger partial charge in [-0.15, -0.1) is 0 Å². The second kappa shape index (κ2) is 9.35. The first kappa shape index (κ1) is 20.7. The Kier molecular flexibility index (Phi) is 7.43. The molecule has 0 aromatic heterocycles. The SMILES string of the molecule is CC(C)(C)NC(=O)C[NH+]1CCC[NH+](CC(=O)Nc2ccccc2Cl)CC1. The molecular weight excluding hydrogens is 352 g/mol. The summed E-state index contributed by atoms with van der Waals surface area (Å²) in [6, 6.07) is 7.26. The molecule has 1 saturated heterocycles. The molecule has 2 atom stereocenters. The van der Waals surface area contributed by atoms with Crippen molar-refractivity contribution < 1.29 is 19.4 Å². The van der Waals surface area contributed by atoms with E-state index in [0.29, 0.717) is 23.8 Å². The largest absolute Gasteiger partial charge is 0.347 e. The van der Waals surface area contributed by atoms with Gasteiger partial charge in [-0.2, -0.15) is 0 Å². The molecule has 0 aliphatic carbocycles. The zero-order valence-electron chi connectivity index (χ0n) is 16.0. The molecule has 4 N–H and O–H groups in total. The van der Waals surface area contributed by atoms with Gasteiger partial charge in [-0.25, -0.2) is 0 Å². The van der Waals surface area contributed by atoms with Crippen LogP contribution in [0.15, 0.2) is 24.3 Å². The number of amides is 2. The van der Waals surface area contributed by atoms with E-state index in [1.54, 1.807) is 12.1 Å².